The van der Waals surface area contributed by atoms with Crippen molar-refractivity contribution in [3.05, 3.63) is 34.9 Å². The average Bonchev–Trinajstić information content (AvgIpc) is 2.32. The van der Waals surface area contributed by atoms with E-state index in [1.807, 2.05) is 0 Å². The van der Waals surface area contributed by atoms with Gasteiger partial charge in [0.05, 0.1) is 7.11 Å². The SMILES string of the molecule is COc1c(C2=CC(=O)CCC2)ccc(C)c1C. The molecule has 17 heavy (non-hydrogen) atoms. The zero-order valence-corrected chi connectivity index (χ0v) is 10.7. The summed E-state index contributed by atoms with van der Waals surface area (Å²) in [5, 5.41) is 0. The fourth-order valence-electron chi connectivity index (χ4n) is 2.31. The highest BCUT2D eigenvalue weighted by Crippen LogP contribution is 2.35. The van der Waals surface area contributed by atoms with Gasteiger partial charge in [0.15, 0.2) is 5.78 Å². The number of hydrogen-bond donors (Lipinski definition) is 0. The molecule has 0 unspecified atom stereocenters. The van der Waals surface area contributed by atoms with E-state index in [0.717, 1.165) is 35.3 Å². The lowest BCUT2D eigenvalue weighted by atomic mass is 9.90. The Bertz CT molecular complexity index is 484. The Morgan fingerprint density at radius 3 is 2.59 bits per heavy atom. The van der Waals surface area contributed by atoms with Crippen LogP contribution in [0.2, 0.25) is 0 Å². The summed E-state index contributed by atoms with van der Waals surface area (Å²) in [6.45, 7) is 4.13. The molecule has 0 bridgehead atoms. The van der Waals surface area contributed by atoms with Crippen molar-refractivity contribution in [2.45, 2.75) is 33.1 Å². The number of hydrogen-bond acceptors (Lipinski definition) is 2. The summed E-state index contributed by atoms with van der Waals surface area (Å²) in [6, 6.07) is 4.15. The van der Waals surface area contributed by atoms with Crippen LogP contribution >= 0.6 is 0 Å². The van der Waals surface area contributed by atoms with Gasteiger partial charge in [-0.1, -0.05) is 12.1 Å². The molecular weight excluding hydrogens is 212 g/mol. The van der Waals surface area contributed by atoms with E-state index < -0.39 is 0 Å². The van der Waals surface area contributed by atoms with E-state index in [4.69, 9.17) is 4.74 Å². The molecule has 0 atom stereocenters. The molecule has 0 radical (unpaired) electrons. The van der Waals surface area contributed by atoms with Gasteiger partial charge in [-0.3, -0.25) is 4.79 Å². The van der Waals surface area contributed by atoms with Crippen LogP contribution in [-0.2, 0) is 4.79 Å². The monoisotopic (exact) mass is 230 g/mol. The Hall–Kier alpha value is -1.57. The second-order valence-corrected chi connectivity index (χ2v) is 4.58. The van der Waals surface area contributed by atoms with E-state index in [1.54, 1.807) is 13.2 Å². The fourth-order valence-corrected chi connectivity index (χ4v) is 2.31. The van der Waals surface area contributed by atoms with E-state index in [1.165, 1.54) is 5.56 Å². The number of benzene rings is 1. The predicted octanol–water partition coefficient (Wildman–Crippen LogP) is 3.45. The van der Waals surface area contributed by atoms with Gasteiger partial charge in [0, 0.05) is 12.0 Å². The lowest BCUT2D eigenvalue weighted by Crippen LogP contribution is -2.04. The molecular formula is C15H18O2. The summed E-state index contributed by atoms with van der Waals surface area (Å²) in [5.74, 6) is 1.14. The largest absolute Gasteiger partial charge is 0.496 e. The summed E-state index contributed by atoms with van der Waals surface area (Å²) >= 11 is 0. The third-order valence-corrected chi connectivity index (χ3v) is 3.43. The molecule has 0 saturated carbocycles. The first-order valence-corrected chi connectivity index (χ1v) is 6.01. The van der Waals surface area contributed by atoms with Gasteiger partial charge in [0.2, 0.25) is 0 Å². The molecule has 1 aromatic carbocycles. The maximum Gasteiger partial charge on any atom is 0.155 e. The summed E-state index contributed by atoms with van der Waals surface area (Å²) in [6.07, 6.45) is 4.36. The van der Waals surface area contributed by atoms with Crippen molar-refractivity contribution < 1.29 is 9.53 Å². The molecule has 2 rings (SSSR count). The summed E-state index contributed by atoms with van der Waals surface area (Å²) in [5.41, 5.74) is 4.56. The minimum absolute atomic E-state index is 0.228. The van der Waals surface area contributed by atoms with E-state index in [9.17, 15) is 4.79 Å². The zero-order valence-electron chi connectivity index (χ0n) is 10.7. The average molecular weight is 230 g/mol. The van der Waals surface area contributed by atoms with Crippen LogP contribution in [0.3, 0.4) is 0 Å². The van der Waals surface area contributed by atoms with Crippen molar-refractivity contribution >= 4 is 11.4 Å². The Kier molecular flexibility index (Phi) is 3.32. The molecule has 1 aliphatic carbocycles. The lowest BCUT2D eigenvalue weighted by Gasteiger charge is -2.18. The quantitative estimate of drug-likeness (QED) is 0.777. The van der Waals surface area contributed by atoms with Crippen molar-refractivity contribution in [1.82, 2.24) is 0 Å². The number of carbonyl (C=O) groups is 1. The van der Waals surface area contributed by atoms with Gasteiger partial charge < -0.3 is 4.74 Å². The Morgan fingerprint density at radius 2 is 1.94 bits per heavy atom. The van der Waals surface area contributed by atoms with Crippen LogP contribution in [0.25, 0.3) is 5.57 Å². The number of aryl methyl sites for hydroxylation is 1. The molecule has 1 aromatic rings. The van der Waals surface area contributed by atoms with Crippen molar-refractivity contribution in [2.24, 2.45) is 0 Å². The molecule has 0 aliphatic heterocycles. The second kappa shape index (κ2) is 4.74. The highest BCUT2D eigenvalue weighted by Gasteiger charge is 2.16. The van der Waals surface area contributed by atoms with Crippen LogP contribution in [0, 0.1) is 13.8 Å². The van der Waals surface area contributed by atoms with Crippen molar-refractivity contribution in [1.29, 1.82) is 0 Å². The van der Waals surface area contributed by atoms with Crippen molar-refractivity contribution in [3.63, 3.8) is 0 Å². The molecule has 2 heteroatoms. The third-order valence-electron chi connectivity index (χ3n) is 3.43. The highest BCUT2D eigenvalue weighted by molar-refractivity contribution is 5.99. The molecule has 1 aliphatic rings. The first-order valence-electron chi connectivity index (χ1n) is 6.01. The van der Waals surface area contributed by atoms with Gasteiger partial charge in [-0.2, -0.15) is 0 Å². The van der Waals surface area contributed by atoms with Crippen molar-refractivity contribution in [3.8, 4) is 5.75 Å². The van der Waals surface area contributed by atoms with Gasteiger partial charge in [-0.05, 0) is 49.5 Å². The predicted molar refractivity (Wildman–Crippen MR) is 69.3 cm³/mol. The topological polar surface area (TPSA) is 26.3 Å². The molecule has 0 saturated heterocycles. The number of allylic oxidation sites excluding steroid dienone is 2. The normalized spacial score (nSPS) is 15.7. The summed E-state index contributed by atoms with van der Waals surface area (Å²) in [4.78, 5) is 11.5. The van der Waals surface area contributed by atoms with E-state index in [0.29, 0.717) is 6.42 Å². The molecule has 0 amide bonds. The van der Waals surface area contributed by atoms with Crippen LogP contribution < -0.4 is 4.74 Å². The zero-order chi connectivity index (χ0) is 12.4. The first kappa shape index (κ1) is 11.9. The minimum Gasteiger partial charge on any atom is -0.496 e. The Balaban J connectivity index is 2.52. The second-order valence-electron chi connectivity index (χ2n) is 4.58. The highest BCUT2D eigenvalue weighted by atomic mass is 16.5. The molecule has 2 nitrogen and oxygen atoms in total. The lowest BCUT2D eigenvalue weighted by molar-refractivity contribution is -0.114. The molecule has 0 aromatic heterocycles. The fraction of sp³-hybridized carbons (Fsp3) is 0.400. The number of ketones is 1. The number of ether oxygens (including phenoxy) is 1. The van der Waals surface area contributed by atoms with Crippen LogP contribution in [0.1, 0.15) is 36.0 Å². The summed E-state index contributed by atoms with van der Waals surface area (Å²) < 4.78 is 5.49. The van der Waals surface area contributed by atoms with Gasteiger partial charge in [0.1, 0.15) is 5.75 Å². The van der Waals surface area contributed by atoms with E-state index in [-0.39, 0.29) is 5.78 Å². The van der Waals surface area contributed by atoms with Crippen LogP contribution in [0.5, 0.6) is 5.75 Å². The van der Waals surface area contributed by atoms with E-state index >= 15 is 0 Å². The van der Waals surface area contributed by atoms with Crippen LogP contribution in [0.15, 0.2) is 18.2 Å². The van der Waals surface area contributed by atoms with Crippen LogP contribution in [0.4, 0.5) is 0 Å². The number of rotatable bonds is 2. The summed E-state index contributed by atoms with van der Waals surface area (Å²) in [7, 11) is 1.69. The first-order chi connectivity index (χ1) is 8.13. The Labute approximate surface area is 102 Å². The molecule has 0 spiro atoms. The maximum absolute atomic E-state index is 11.5. The minimum atomic E-state index is 0.228. The Morgan fingerprint density at radius 1 is 1.18 bits per heavy atom. The molecule has 90 valence electrons. The number of methoxy groups -OCH3 is 1. The maximum atomic E-state index is 11.5. The number of carbonyl (C=O) groups excluding carboxylic acids is 1. The van der Waals surface area contributed by atoms with Gasteiger partial charge in [-0.25, -0.2) is 0 Å². The molecule has 0 N–H and O–H groups in total. The standard InChI is InChI=1S/C15H18O2/c1-10-7-8-14(15(17-3)11(10)2)12-5-4-6-13(16)9-12/h7-9H,4-6H2,1-3H3. The smallest absolute Gasteiger partial charge is 0.155 e. The molecule has 0 fully saturated rings. The van der Waals surface area contributed by atoms with Gasteiger partial charge in [0.25, 0.3) is 0 Å². The van der Waals surface area contributed by atoms with Crippen LogP contribution in [-0.4, -0.2) is 12.9 Å². The third kappa shape index (κ3) is 2.26. The van der Waals surface area contributed by atoms with Gasteiger partial charge in [-0.15, -0.1) is 0 Å². The van der Waals surface area contributed by atoms with Gasteiger partial charge >= 0.3 is 0 Å². The molecule has 0 heterocycles. The van der Waals surface area contributed by atoms with Crippen molar-refractivity contribution in [2.75, 3.05) is 7.11 Å². The van der Waals surface area contributed by atoms with E-state index in [2.05, 4.69) is 26.0 Å².